The molecule has 2 nitrogen and oxygen atoms in total. The topological polar surface area (TPSA) is 20.3 Å². The molecule has 3 rings (SSSR count). The third-order valence-electron chi connectivity index (χ3n) is 3.62. The maximum absolute atomic E-state index is 12.6. The molecule has 1 aromatic heterocycles. The van der Waals surface area contributed by atoms with E-state index in [4.69, 9.17) is 0 Å². The largest absolute Gasteiger partial charge is 0.416 e. The second-order valence-electron chi connectivity index (χ2n) is 5.25. The zero-order valence-electron chi connectivity index (χ0n) is 12.3. The average molecular weight is 357 g/mol. The van der Waals surface area contributed by atoms with Crippen LogP contribution in [0.1, 0.15) is 31.0 Å². The van der Waals surface area contributed by atoms with E-state index in [0.717, 1.165) is 22.8 Å². The van der Waals surface area contributed by atoms with Crippen LogP contribution in [0, 0.1) is 6.92 Å². The van der Waals surface area contributed by atoms with Crippen LogP contribution in [0.3, 0.4) is 0 Å². The molecule has 0 unspecified atom stereocenters. The number of halogens is 3. The maximum Gasteiger partial charge on any atom is 0.416 e. The molecular formula is C16H14F3NOS2. The summed E-state index contributed by atoms with van der Waals surface area (Å²) in [7, 11) is 0. The summed E-state index contributed by atoms with van der Waals surface area (Å²) in [5.41, 5.74) is -0.450. The molecule has 0 radical (unpaired) electrons. The number of thioether (sulfide) groups is 1. The first-order chi connectivity index (χ1) is 10.9. The number of rotatable bonds is 2. The predicted molar refractivity (Wildman–Crippen MR) is 86.7 cm³/mol. The monoisotopic (exact) mass is 357 g/mol. The number of alkyl halides is 3. The van der Waals surface area contributed by atoms with E-state index < -0.39 is 11.7 Å². The molecule has 0 N–H and O–H groups in total. The predicted octanol–water partition coefficient (Wildman–Crippen LogP) is 4.96. The van der Waals surface area contributed by atoms with Crippen molar-refractivity contribution in [1.29, 1.82) is 0 Å². The lowest BCUT2D eigenvalue weighted by Crippen LogP contribution is -2.30. The van der Waals surface area contributed by atoms with Gasteiger partial charge in [-0.25, -0.2) is 0 Å². The van der Waals surface area contributed by atoms with Gasteiger partial charge in [-0.15, -0.1) is 23.1 Å². The fourth-order valence-electron chi connectivity index (χ4n) is 2.47. The van der Waals surface area contributed by atoms with E-state index in [2.05, 4.69) is 0 Å². The Morgan fingerprint density at radius 3 is 2.43 bits per heavy atom. The molecule has 2 heterocycles. The van der Waals surface area contributed by atoms with E-state index in [1.165, 1.54) is 17.0 Å². The van der Waals surface area contributed by atoms with E-state index in [1.54, 1.807) is 28.0 Å². The fourth-order valence-corrected chi connectivity index (χ4v) is 4.84. The minimum absolute atomic E-state index is 0.0523. The van der Waals surface area contributed by atoms with Gasteiger partial charge in [-0.2, -0.15) is 13.2 Å². The van der Waals surface area contributed by atoms with Crippen molar-refractivity contribution >= 4 is 29.0 Å². The lowest BCUT2D eigenvalue weighted by atomic mass is 10.1. The number of thiophene rings is 1. The van der Waals surface area contributed by atoms with Gasteiger partial charge in [0.05, 0.1) is 5.56 Å². The van der Waals surface area contributed by atoms with E-state index >= 15 is 0 Å². The first-order valence-corrected chi connectivity index (χ1v) is 8.89. The number of amides is 1. The SMILES string of the molecule is Cc1ccc([C@H]2SCCN2C(=O)c2ccc(C(F)(F)F)cc2)s1. The zero-order chi connectivity index (χ0) is 16.6. The van der Waals surface area contributed by atoms with Gasteiger partial charge in [0, 0.05) is 27.6 Å². The highest BCUT2D eigenvalue weighted by Crippen LogP contribution is 2.41. The van der Waals surface area contributed by atoms with Crippen molar-refractivity contribution < 1.29 is 18.0 Å². The lowest BCUT2D eigenvalue weighted by molar-refractivity contribution is -0.137. The van der Waals surface area contributed by atoms with Gasteiger partial charge in [0.1, 0.15) is 5.37 Å². The molecule has 2 aromatic rings. The first-order valence-electron chi connectivity index (χ1n) is 7.02. The summed E-state index contributed by atoms with van der Waals surface area (Å²) in [6.45, 7) is 2.61. The molecule has 1 aliphatic rings. The number of benzene rings is 1. The number of hydrogen-bond acceptors (Lipinski definition) is 3. The van der Waals surface area contributed by atoms with Gasteiger partial charge in [0.15, 0.2) is 0 Å². The molecule has 1 fully saturated rings. The third kappa shape index (κ3) is 3.40. The number of carbonyl (C=O) groups excluding carboxylic acids is 1. The van der Waals surface area contributed by atoms with Gasteiger partial charge >= 0.3 is 6.18 Å². The van der Waals surface area contributed by atoms with Crippen LogP contribution in [-0.2, 0) is 6.18 Å². The van der Waals surface area contributed by atoms with Gasteiger partial charge in [-0.3, -0.25) is 4.79 Å². The van der Waals surface area contributed by atoms with Crippen LogP contribution < -0.4 is 0 Å². The molecule has 7 heteroatoms. The molecule has 0 aliphatic carbocycles. The van der Waals surface area contributed by atoms with Crippen LogP contribution in [0.25, 0.3) is 0 Å². The van der Waals surface area contributed by atoms with Gasteiger partial charge < -0.3 is 4.90 Å². The maximum atomic E-state index is 12.6. The Hall–Kier alpha value is -1.47. The Balaban J connectivity index is 1.82. The van der Waals surface area contributed by atoms with Crippen LogP contribution in [0.15, 0.2) is 36.4 Å². The standard InChI is InChI=1S/C16H14F3NOS2/c1-10-2-7-13(23-10)15-20(8-9-22-15)14(21)11-3-5-12(6-4-11)16(17,18)19/h2-7,15H,8-9H2,1H3/t15-/m1/s1. The van der Waals surface area contributed by atoms with Crippen molar-refractivity contribution in [2.24, 2.45) is 0 Å². The molecule has 1 saturated heterocycles. The van der Waals surface area contributed by atoms with Gasteiger partial charge in [-0.05, 0) is 43.3 Å². The normalized spacial score (nSPS) is 18.4. The van der Waals surface area contributed by atoms with Gasteiger partial charge in [0.2, 0.25) is 0 Å². The van der Waals surface area contributed by atoms with Gasteiger partial charge in [-0.1, -0.05) is 0 Å². The second kappa shape index (κ2) is 6.20. The van der Waals surface area contributed by atoms with Crippen LogP contribution in [-0.4, -0.2) is 23.1 Å². The van der Waals surface area contributed by atoms with Gasteiger partial charge in [0.25, 0.3) is 5.91 Å². The zero-order valence-corrected chi connectivity index (χ0v) is 13.9. The number of hydrogen-bond donors (Lipinski definition) is 0. The molecule has 122 valence electrons. The fraction of sp³-hybridized carbons (Fsp3) is 0.312. The van der Waals surface area contributed by atoms with Crippen LogP contribution in [0.4, 0.5) is 13.2 Å². The average Bonchev–Trinajstić information content (AvgIpc) is 3.14. The minimum Gasteiger partial charge on any atom is -0.321 e. The second-order valence-corrected chi connectivity index (χ2v) is 7.75. The molecule has 1 aliphatic heterocycles. The van der Waals surface area contributed by atoms with Crippen LogP contribution >= 0.6 is 23.1 Å². The summed E-state index contributed by atoms with van der Waals surface area (Å²) < 4.78 is 37.8. The summed E-state index contributed by atoms with van der Waals surface area (Å²) in [4.78, 5) is 16.6. The third-order valence-corrected chi connectivity index (χ3v) is 6.06. The molecule has 0 spiro atoms. The number of aryl methyl sites for hydroxylation is 1. The van der Waals surface area contributed by atoms with E-state index in [0.29, 0.717) is 12.1 Å². The van der Waals surface area contributed by atoms with Crippen molar-refractivity contribution in [3.05, 3.63) is 57.3 Å². The van der Waals surface area contributed by atoms with Crippen LogP contribution in [0.5, 0.6) is 0 Å². The highest BCUT2D eigenvalue weighted by atomic mass is 32.2. The van der Waals surface area contributed by atoms with Crippen molar-refractivity contribution in [3.63, 3.8) is 0 Å². The summed E-state index contributed by atoms with van der Waals surface area (Å²) in [6.07, 6.45) is -4.39. The molecule has 0 saturated carbocycles. The van der Waals surface area contributed by atoms with E-state index in [9.17, 15) is 18.0 Å². The van der Waals surface area contributed by atoms with Crippen LogP contribution in [0.2, 0.25) is 0 Å². The smallest absolute Gasteiger partial charge is 0.321 e. The minimum atomic E-state index is -4.39. The Morgan fingerprint density at radius 2 is 1.87 bits per heavy atom. The van der Waals surface area contributed by atoms with E-state index in [1.807, 2.05) is 19.1 Å². The van der Waals surface area contributed by atoms with Crippen molar-refractivity contribution in [2.75, 3.05) is 12.3 Å². The molecule has 1 atom stereocenters. The highest BCUT2D eigenvalue weighted by Gasteiger charge is 2.33. The molecule has 1 aromatic carbocycles. The summed E-state index contributed by atoms with van der Waals surface area (Å²) in [6, 6.07) is 8.45. The molecule has 0 bridgehead atoms. The summed E-state index contributed by atoms with van der Waals surface area (Å²) in [5, 5.41) is -0.0523. The Labute approximate surface area is 140 Å². The van der Waals surface area contributed by atoms with Crippen molar-refractivity contribution in [3.8, 4) is 0 Å². The lowest BCUT2D eigenvalue weighted by Gasteiger charge is -2.23. The number of carbonyl (C=O) groups is 1. The Bertz CT molecular complexity index is 709. The number of nitrogens with zero attached hydrogens (tertiary/aromatic N) is 1. The quantitative estimate of drug-likeness (QED) is 0.757. The molecule has 1 amide bonds. The Morgan fingerprint density at radius 1 is 1.17 bits per heavy atom. The molecule has 23 heavy (non-hydrogen) atoms. The summed E-state index contributed by atoms with van der Waals surface area (Å²) >= 11 is 3.33. The van der Waals surface area contributed by atoms with Crippen molar-refractivity contribution in [2.45, 2.75) is 18.5 Å². The highest BCUT2D eigenvalue weighted by molar-refractivity contribution is 7.99. The first kappa shape index (κ1) is 16.4. The van der Waals surface area contributed by atoms with Crippen molar-refractivity contribution in [1.82, 2.24) is 4.90 Å². The van der Waals surface area contributed by atoms with E-state index in [-0.39, 0.29) is 11.3 Å². The summed E-state index contributed by atoms with van der Waals surface area (Å²) in [5.74, 6) is 0.605. The molecular weight excluding hydrogens is 343 g/mol. The Kier molecular flexibility index (Phi) is 4.42.